The Morgan fingerprint density at radius 2 is 1.85 bits per heavy atom. The first-order chi connectivity index (χ1) is 12.7. The summed E-state index contributed by atoms with van der Waals surface area (Å²) in [5, 5.41) is 3.51. The Balaban J connectivity index is 1.74. The zero-order valence-electron chi connectivity index (χ0n) is 16.1. The summed E-state index contributed by atoms with van der Waals surface area (Å²) in [6.07, 6.45) is 4.68. The van der Waals surface area contributed by atoms with Gasteiger partial charge >= 0.3 is 0 Å². The number of hydrogen-bond acceptors (Lipinski definition) is 3. The van der Waals surface area contributed by atoms with Gasteiger partial charge in [-0.2, -0.15) is 0 Å². The molecule has 3 heteroatoms. The summed E-state index contributed by atoms with van der Waals surface area (Å²) >= 11 is 0. The van der Waals surface area contributed by atoms with Crippen molar-refractivity contribution in [3.63, 3.8) is 0 Å². The van der Waals surface area contributed by atoms with Gasteiger partial charge in [-0.15, -0.1) is 0 Å². The lowest BCUT2D eigenvalue weighted by Gasteiger charge is -2.38. The Hall–Kier alpha value is -1.84. The number of benzene rings is 2. The van der Waals surface area contributed by atoms with Gasteiger partial charge in [0.25, 0.3) is 0 Å². The quantitative estimate of drug-likeness (QED) is 0.702. The third kappa shape index (κ3) is 4.66. The summed E-state index contributed by atoms with van der Waals surface area (Å²) in [4.78, 5) is 0. The highest BCUT2D eigenvalue weighted by Gasteiger charge is 2.33. The van der Waals surface area contributed by atoms with Crippen LogP contribution >= 0.6 is 0 Å². The molecular weight excluding hydrogens is 322 g/mol. The van der Waals surface area contributed by atoms with Crippen molar-refractivity contribution in [3.8, 4) is 5.75 Å². The molecule has 0 aliphatic carbocycles. The zero-order valence-corrected chi connectivity index (χ0v) is 16.1. The van der Waals surface area contributed by atoms with Gasteiger partial charge in [0.2, 0.25) is 0 Å². The van der Waals surface area contributed by atoms with Crippen molar-refractivity contribution in [1.82, 2.24) is 5.32 Å². The van der Waals surface area contributed by atoms with Crippen molar-refractivity contribution in [2.45, 2.75) is 44.6 Å². The van der Waals surface area contributed by atoms with Crippen LogP contribution in [0.25, 0.3) is 0 Å². The zero-order chi connectivity index (χ0) is 18.2. The van der Waals surface area contributed by atoms with Gasteiger partial charge < -0.3 is 14.8 Å². The van der Waals surface area contributed by atoms with Gasteiger partial charge in [0, 0.05) is 13.7 Å². The van der Waals surface area contributed by atoms with E-state index in [1.807, 2.05) is 18.2 Å². The van der Waals surface area contributed by atoms with Crippen molar-refractivity contribution >= 4 is 0 Å². The largest absolute Gasteiger partial charge is 0.489 e. The Kier molecular flexibility index (Phi) is 6.70. The molecule has 1 saturated heterocycles. The molecule has 1 aliphatic rings. The second-order valence-corrected chi connectivity index (χ2v) is 7.38. The van der Waals surface area contributed by atoms with E-state index in [0.29, 0.717) is 6.61 Å². The monoisotopic (exact) mass is 353 g/mol. The van der Waals surface area contributed by atoms with Gasteiger partial charge in [-0.25, -0.2) is 0 Å². The maximum Gasteiger partial charge on any atom is 0.122 e. The van der Waals surface area contributed by atoms with E-state index in [9.17, 15) is 0 Å². The van der Waals surface area contributed by atoms with Crippen LogP contribution in [0.2, 0.25) is 0 Å². The number of aryl methyl sites for hydroxylation is 1. The first-order valence-electron chi connectivity index (χ1n) is 9.71. The van der Waals surface area contributed by atoms with Gasteiger partial charge in [-0.3, -0.25) is 0 Å². The minimum Gasteiger partial charge on any atom is -0.489 e. The molecule has 0 atom stereocenters. The van der Waals surface area contributed by atoms with E-state index in [0.717, 1.165) is 31.9 Å². The Morgan fingerprint density at radius 3 is 2.62 bits per heavy atom. The highest BCUT2D eigenvalue weighted by molar-refractivity contribution is 5.34. The van der Waals surface area contributed by atoms with Gasteiger partial charge in [0.15, 0.2) is 0 Å². The van der Waals surface area contributed by atoms with E-state index in [-0.39, 0.29) is 5.41 Å². The highest BCUT2D eigenvalue weighted by Crippen LogP contribution is 2.38. The van der Waals surface area contributed by atoms with E-state index < -0.39 is 0 Å². The summed E-state index contributed by atoms with van der Waals surface area (Å²) in [7, 11) is 1.79. The maximum absolute atomic E-state index is 6.06. The van der Waals surface area contributed by atoms with Crippen LogP contribution in [0.3, 0.4) is 0 Å². The molecule has 3 rings (SSSR count). The number of nitrogens with one attached hydrogen (secondary N) is 1. The Morgan fingerprint density at radius 1 is 1.04 bits per heavy atom. The molecule has 1 aliphatic heterocycles. The van der Waals surface area contributed by atoms with Gasteiger partial charge in [-0.1, -0.05) is 42.5 Å². The molecule has 2 aromatic rings. The fourth-order valence-electron chi connectivity index (χ4n) is 4.01. The summed E-state index contributed by atoms with van der Waals surface area (Å²) in [5.41, 5.74) is 4.15. The van der Waals surface area contributed by atoms with Crippen LogP contribution in [0.1, 0.15) is 42.4 Å². The van der Waals surface area contributed by atoms with E-state index >= 15 is 0 Å². The molecule has 2 aromatic carbocycles. The van der Waals surface area contributed by atoms with Crippen molar-refractivity contribution in [2.75, 3.05) is 26.8 Å². The van der Waals surface area contributed by atoms with Crippen molar-refractivity contribution in [3.05, 3.63) is 65.2 Å². The lowest BCUT2D eigenvalue weighted by molar-refractivity contribution is 0.174. The van der Waals surface area contributed by atoms with E-state index in [2.05, 4.69) is 42.6 Å². The second-order valence-electron chi connectivity index (χ2n) is 7.38. The molecule has 3 nitrogen and oxygen atoms in total. The predicted molar refractivity (Wildman–Crippen MR) is 107 cm³/mol. The maximum atomic E-state index is 6.06. The first kappa shape index (κ1) is 18.9. The molecule has 1 N–H and O–H groups in total. The molecule has 0 bridgehead atoms. The first-order valence-corrected chi connectivity index (χ1v) is 9.71. The molecule has 0 unspecified atom stereocenters. The molecule has 1 fully saturated rings. The molecule has 140 valence electrons. The lowest BCUT2D eigenvalue weighted by Crippen LogP contribution is -2.40. The standard InChI is InChI=1S/C23H31NO2/c1-19-7-3-4-10-22(19)26-18-20-8-5-9-21(17-20)23(11-6-16-25-2)12-14-24-15-13-23/h3-5,7-10,17,24H,6,11-16,18H2,1-2H3. The molecule has 1 heterocycles. The molecule has 0 spiro atoms. The third-order valence-corrected chi connectivity index (χ3v) is 5.59. The van der Waals surface area contributed by atoms with Crippen LogP contribution in [-0.4, -0.2) is 26.8 Å². The van der Waals surface area contributed by atoms with Crippen LogP contribution in [0.4, 0.5) is 0 Å². The molecule has 0 amide bonds. The average molecular weight is 354 g/mol. The summed E-state index contributed by atoms with van der Waals surface area (Å²) < 4.78 is 11.4. The van der Waals surface area contributed by atoms with E-state index in [4.69, 9.17) is 9.47 Å². The molecule has 0 aromatic heterocycles. The average Bonchev–Trinajstić information content (AvgIpc) is 2.69. The number of para-hydroxylation sites is 1. The second kappa shape index (κ2) is 9.20. The number of rotatable bonds is 8. The summed E-state index contributed by atoms with van der Waals surface area (Å²) in [6.45, 7) is 5.73. The minimum atomic E-state index is 0.266. The SMILES string of the molecule is COCCCC1(c2cccc(COc3ccccc3C)c2)CCNCC1. The number of methoxy groups -OCH3 is 1. The fourth-order valence-corrected chi connectivity index (χ4v) is 4.01. The molecule has 0 saturated carbocycles. The van der Waals surface area contributed by atoms with Crippen LogP contribution in [0.5, 0.6) is 5.75 Å². The smallest absolute Gasteiger partial charge is 0.122 e. The summed E-state index contributed by atoms with van der Waals surface area (Å²) in [6, 6.07) is 17.2. The van der Waals surface area contributed by atoms with Gasteiger partial charge in [-0.05, 0) is 73.9 Å². The van der Waals surface area contributed by atoms with Crippen LogP contribution in [-0.2, 0) is 16.8 Å². The summed E-state index contributed by atoms with van der Waals surface area (Å²) in [5.74, 6) is 0.967. The Bertz CT molecular complexity index is 692. The van der Waals surface area contributed by atoms with Crippen molar-refractivity contribution in [2.24, 2.45) is 0 Å². The normalized spacial score (nSPS) is 16.4. The topological polar surface area (TPSA) is 30.5 Å². The lowest BCUT2D eigenvalue weighted by atomic mass is 9.70. The number of hydrogen-bond donors (Lipinski definition) is 1. The van der Waals surface area contributed by atoms with E-state index in [1.165, 1.54) is 36.0 Å². The fraction of sp³-hybridized carbons (Fsp3) is 0.478. The van der Waals surface area contributed by atoms with Crippen LogP contribution in [0, 0.1) is 6.92 Å². The van der Waals surface area contributed by atoms with Crippen molar-refractivity contribution in [1.29, 1.82) is 0 Å². The highest BCUT2D eigenvalue weighted by atomic mass is 16.5. The van der Waals surface area contributed by atoms with Gasteiger partial charge in [0.05, 0.1) is 0 Å². The molecular formula is C23H31NO2. The minimum absolute atomic E-state index is 0.266. The predicted octanol–water partition coefficient (Wildman–Crippen LogP) is 4.62. The Labute approximate surface area is 157 Å². The van der Waals surface area contributed by atoms with Gasteiger partial charge in [0.1, 0.15) is 12.4 Å². The van der Waals surface area contributed by atoms with E-state index in [1.54, 1.807) is 7.11 Å². The third-order valence-electron chi connectivity index (χ3n) is 5.59. The van der Waals surface area contributed by atoms with Crippen LogP contribution in [0.15, 0.2) is 48.5 Å². The number of ether oxygens (including phenoxy) is 2. The molecule has 0 radical (unpaired) electrons. The van der Waals surface area contributed by atoms with Crippen LogP contribution < -0.4 is 10.1 Å². The number of piperidine rings is 1. The van der Waals surface area contributed by atoms with Crippen molar-refractivity contribution < 1.29 is 9.47 Å². The molecule has 26 heavy (non-hydrogen) atoms.